The van der Waals surface area contributed by atoms with E-state index in [0.29, 0.717) is 12.1 Å². The van der Waals surface area contributed by atoms with Gasteiger partial charge in [-0.05, 0) is 19.9 Å². The fourth-order valence-electron chi connectivity index (χ4n) is 2.43. The third-order valence-electron chi connectivity index (χ3n) is 3.85. The first kappa shape index (κ1) is 14.9. The molecule has 0 aromatic heterocycles. The Kier molecular flexibility index (Phi) is 4.36. The number of hydrogen-bond acceptors (Lipinski definition) is 3. The minimum absolute atomic E-state index is 0.465. The van der Waals surface area contributed by atoms with Crippen molar-refractivity contribution in [2.45, 2.75) is 25.9 Å². The molecule has 0 saturated carbocycles. The van der Waals surface area contributed by atoms with Crippen LogP contribution in [0.4, 0.5) is 8.78 Å². The van der Waals surface area contributed by atoms with E-state index in [1.165, 1.54) is 12.1 Å². The van der Waals surface area contributed by atoms with Crippen LogP contribution in [0.2, 0.25) is 0 Å². The highest BCUT2D eigenvalue weighted by molar-refractivity contribution is 5.18. The first-order valence-electron chi connectivity index (χ1n) is 6.75. The fraction of sp³-hybridized carbons (Fsp3) is 0.533. The average molecular weight is 279 g/mol. The number of piperazine rings is 1. The third kappa shape index (κ3) is 3.33. The topological polar surface area (TPSA) is 30.3 Å². The molecule has 20 heavy (non-hydrogen) atoms. The highest BCUT2D eigenvalue weighted by atomic mass is 19.1. The quantitative estimate of drug-likeness (QED) is 0.851. The monoisotopic (exact) mass is 279 g/mol. The summed E-state index contributed by atoms with van der Waals surface area (Å²) in [7, 11) is 0. The van der Waals surface area contributed by atoms with E-state index in [0.717, 1.165) is 32.2 Å². The van der Waals surface area contributed by atoms with Crippen molar-refractivity contribution >= 4 is 0 Å². The molecule has 1 aliphatic rings. The van der Waals surface area contributed by atoms with E-state index < -0.39 is 17.2 Å². The van der Waals surface area contributed by atoms with E-state index in [-0.39, 0.29) is 0 Å². The SMILES string of the molecule is CC(C)(C#N)N1CCN(Cc2ccc(F)cc2F)CC1. The summed E-state index contributed by atoms with van der Waals surface area (Å²) in [5.74, 6) is -1.04. The molecule has 0 atom stereocenters. The number of hydrogen-bond donors (Lipinski definition) is 0. The molecule has 1 aromatic rings. The zero-order valence-corrected chi connectivity index (χ0v) is 11.9. The summed E-state index contributed by atoms with van der Waals surface area (Å²) in [5.41, 5.74) is 0.0483. The van der Waals surface area contributed by atoms with Crippen LogP contribution in [0.1, 0.15) is 19.4 Å². The van der Waals surface area contributed by atoms with E-state index in [9.17, 15) is 8.78 Å². The van der Waals surface area contributed by atoms with Crippen molar-refractivity contribution in [2.24, 2.45) is 0 Å². The minimum Gasteiger partial charge on any atom is -0.296 e. The Labute approximate surface area is 118 Å². The van der Waals surface area contributed by atoms with Crippen molar-refractivity contribution in [1.82, 2.24) is 9.80 Å². The summed E-state index contributed by atoms with van der Waals surface area (Å²) in [6.07, 6.45) is 0. The molecule has 0 aliphatic carbocycles. The van der Waals surface area contributed by atoms with Crippen LogP contribution in [0.5, 0.6) is 0 Å². The van der Waals surface area contributed by atoms with Crippen molar-refractivity contribution < 1.29 is 8.78 Å². The number of rotatable bonds is 3. The van der Waals surface area contributed by atoms with Gasteiger partial charge in [0.2, 0.25) is 0 Å². The van der Waals surface area contributed by atoms with E-state index >= 15 is 0 Å². The van der Waals surface area contributed by atoms with Gasteiger partial charge >= 0.3 is 0 Å². The minimum atomic E-state index is -0.549. The normalized spacial score (nSPS) is 17.9. The summed E-state index contributed by atoms with van der Waals surface area (Å²) in [6.45, 7) is 7.41. The van der Waals surface area contributed by atoms with Gasteiger partial charge in [0.1, 0.15) is 17.2 Å². The van der Waals surface area contributed by atoms with Crippen molar-refractivity contribution in [3.05, 3.63) is 35.4 Å². The van der Waals surface area contributed by atoms with Gasteiger partial charge in [0.05, 0.1) is 6.07 Å². The summed E-state index contributed by atoms with van der Waals surface area (Å²) >= 11 is 0. The van der Waals surface area contributed by atoms with Crippen LogP contribution < -0.4 is 0 Å². The molecule has 1 heterocycles. The highest BCUT2D eigenvalue weighted by Gasteiger charge is 2.29. The van der Waals surface area contributed by atoms with Gasteiger partial charge in [-0.3, -0.25) is 9.80 Å². The van der Waals surface area contributed by atoms with Gasteiger partial charge in [0, 0.05) is 44.4 Å². The molecule has 1 fully saturated rings. The van der Waals surface area contributed by atoms with Crippen LogP contribution in [0.25, 0.3) is 0 Å². The second kappa shape index (κ2) is 5.86. The van der Waals surface area contributed by atoms with Gasteiger partial charge in [-0.1, -0.05) is 6.07 Å². The summed E-state index contributed by atoms with van der Waals surface area (Å²) in [4.78, 5) is 4.25. The van der Waals surface area contributed by atoms with Gasteiger partial charge in [-0.15, -0.1) is 0 Å². The molecule has 0 unspecified atom stereocenters. The second-order valence-electron chi connectivity index (χ2n) is 5.67. The number of nitrogens with zero attached hydrogens (tertiary/aromatic N) is 3. The van der Waals surface area contributed by atoms with Gasteiger partial charge in [-0.25, -0.2) is 8.78 Å². The Morgan fingerprint density at radius 3 is 2.40 bits per heavy atom. The lowest BCUT2D eigenvalue weighted by Gasteiger charge is -2.40. The predicted molar refractivity (Wildman–Crippen MR) is 72.9 cm³/mol. The lowest BCUT2D eigenvalue weighted by Crippen LogP contribution is -2.53. The molecule has 0 bridgehead atoms. The van der Waals surface area contributed by atoms with Crippen LogP contribution >= 0.6 is 0 Å². The van der Waals surface area contributed by atoms with Gasteiger partial charge in [0.15, 0.2) is 0 Å². The molecule has 0 amide bonds. The molecule has 5 heteroatoms. The summed E-state index contributed by atoms with van der Waals surface area (Å²) in [5, 5.41) is 9.12. The Bertz CT molecular complexity index is 514. The van der Waals surface area contributed by atoms with E-state index in [4.69, 9.17) is 5.26 Å². The first-order valence-corrected chi connectivity index (χ1v) is 6.75. The number of halogens is 2. The third-order valence-corrected chi connectivity index (χ3v) is 3.85. The van der Waals surface area contributed by atoms with Crippen LogP contribution in [0.3, 0.4) is 0 Å². The van der Waals surface area contributed by atoms with Gasteiger partial charge < -0.3 is 0 Å². The molecular formula is C15H19F2N3. The van der Waals surface area contributed by atoms with Crippen molar-refractivity contribution in [3.63, 3.8) is 0 Å². The van der Waals surface area contributed by atoms with Crippen molar-refractivity contribution in [1.29, 1.82) is 5.26 Å². The van der Waals surface area contributed by atoms with Crippen LogP contribution in [-0.2, 0) is 6.54 Å². The zero-order chi connectivity index (χ0) is 14.8. The van der Waals surface area contributed by atoms with Crippen LogP contribution in [0, 0.1) is 23.0 Å². The lowest BCUT2D eigenvalue weighted by atomic mass is 10.0. The first-order chi connectivity index (χ1) is 9.42. The van der Waals surface area contributed by atoms with E-state index in [1.807, 2.05) is 13.8 Å². The maximum atomic E-state index is 13.6. The van der Waals surface area contributed by atoms with Gasteiger partial charge in [-0.2, -0.15) is 5.26 Å². The zero-order valence-electron chi connectivity index (χ0n) is 11.9. The van der Waals surface area contributed by atoms with Crippen LogP contribution in [-0.4, -0.2) is 41.5 Å². The summed E-state index contributed by atoms with van der Waals surface area (Å²) < 4.78 is 26.5. The second-order valence-corrected chi connectivity index (χ2v) is 5.67. The van der Waals surface area contributed by atoms with Gasteiger partial charge in [0.25, 0.3) is 0 Å². The average Bonchev–Trinajstić information content (AvgIpc) is 2.42. The Balaban J connectivity index is 1.93. The van der Waals surface area contributed by atoms with Crippen LogP contribution in [0.15, 0.2) is 18.2 Å². The molecule has 0 spiro atoms. The lowest BCUT2D eigenvalue weighted by molar-refractivity contribution is 0.0758. The number of benzene rings is 1. The molecule has 1 aromatic carbocycles. The summed E-state index contributed by atoms with van der Waals surface area (Å²) in [6, 6.07) is 6.00. The Hall–Kier alpha value is -1.51. The predicted octanol–water partition coefficient (Wildman–Crippen LogP) is 2.38. The molecule has 2 rings (SSSR count). The smallest absolute Gasteiger partial charge is 0.130 e. The largest absolute Gasteiger partial charge is 0.296 e. The standard InChI is InChI=1S/C15H19F2N3/c1-15(2,11-18)20-7-5-19(6-8-20)10-12-3-4-13(16)9-14(12)17/h3-4,9H,5-8,10H2,1-2H3. The Morgan fingerprint density at radius 1 is 1.20 bits per heavy atom. The molecule has 0 N–H and O–H groups in total. The van der Waals surface area contributed by atoms with E-state index in [2.05, 4.69) is 15.9 Å². The molecule has 0 radical (unpaired) electrons. The molecule has 3 nitrogen and oxygen atoms in total. The molecule has 1 aliphatic heterocycles. The maximum Gasteiger partial charge on any atom is 0.130 e. The Morgan fingerprint density at radius 2 is 1.85 bits per heavy atom. The van der Waals surface area contributed by atoms with Crippen molar-refractivity contribution in [2.75, 3.05) is 26.2 Å². The highest BCUT2D eigenvalue weighted by Crippen LogP contribution is 2.18. The number of nitriles is 1. The maximum absolute atomic E-state index is 13.6. The fourth-order valence-corrected chi connectivity index (χ4v) is 2.43. The van der Waals surface area contributed by atoms with E-state index in [1.54, 1.807) is 0 Å². The van der Waals surface area contributed by atoms with Crippen molar-refractivity contribution in [3.8, 4) is 6.07 Å². The molecule has 108 valence electrons. The molecule has 1 saturated heterocycles. The molecular weight excluding hydrogens is 260 g/mol.